The molecule has 0 aromatic heterocycles. The van der Waals surface area contributed by atoms with Gasteiger partial charge in [-0.15, -0.1) is 0 Å². The summed E-state index contributed by atoms with van der Waals surface area (Å²) in [5.74, 6) is -1.11. The van der Waals surface area contributed by atoms with Crippen molar-refractivity contribution >= 4 is 16.0 Å². The van der Waals surface area contributed by atoms with Crippen LogP contribution in [-0.4, -0.2) is 44.5 Å². The fourth-order valence-corrected chi connectivity index (χ4v) is 2.92. The van der Waals surface area contributed by atoms with Gasteiger partial charge in [0.15, 0.2) is 0 Å². The van der Waals surface area contributed by atoms with Gasteiger partial charge in [-0.05, 0) is 19.3 Å². The molecule has 0 saturated heterocycles. The number of carboxylic acid groups (broad SMARTS) is 1. The van der Waals surface area contributed by atoms with Crippen LogP contribution in [0.3, 0.4) is 0 Å². The third-order valence-corrected chi connectivity index (χ3v) is 4.10. The normalized spacial score (nSPS) is 25.1. The van der Waals surface area contributed by atoms with Crippen LogP contribution >= 0.6 is 0 Å². The van der Waals surface area contributed by atoms with E-state index in [0.29, 0.717) is 12.8 Å². The average molecular weight is 251 g/mol. The van der Waals surface area contributed by atoms with Crippen LogP contribution in [-0.2, 0) is 19.6 Å². The summed E-state index contributed by atoms with van der Waals surface area (Å²) in [5, 5.41) is 8.38. The summed E-state index contributed by atoms with van der Waals surface area (Å²) in [6.45, 7) is 0. The maximum Gasteiger partial charge on any atom is 0.303 e. The van der Waals surface area contributed by atoms with Crippen molar-refractivity contribution in [2.24, 2.45) is 0 Å². The van der Waals surface area contributed by atoms with Crippen LogP contribution in [0.15, 0.2) is 0 Å². The van der Waals surface area contributed by atoms with Gasteiger partial charge in [0.1, 0.15) is 0 Å². The summed E-state index contributed by atoms with van der Waals surface area (Å²) in [6, 6.07) is -0.0558. The first-order valence-corrected chi connectivity index (χ1v) is 6.83. The lowest BCUT2D eigenvalue weighted by Gasteiger charge is -2.34. The van der Waals surface area contributed by atoms with Gasteiger partial charge in [0.25, 0.3) is 0 Å². The second-order valence-electron chi connectivity index (χ2n) is 3.96. The summed E-state index contributed by atoms with van der Waals surface area (Å²) < 4.78 is 30.5. The smallest absolute Gasteiger partial charge is 0.303 e. The number of sulfonamides is 1. The van der Waals surface area contributed by atoms with E-state index < -0.39 is 16.0 Å². The molecule has 6 nitrogen and oxygen atoms in total. The molecule has 1 saturated carbocycles. The van der Waals surface area contributed by atoms with Crippen molar-refractivity contribution in [2.75, 3.05) is 12.9 Å². The first-order valence-electron chi connectivity index (χ1n) is 5.17. The van der Waals surface area contributed by atoms with Gasteiger partial charge >= 0.3 is 5.97 Å². The molecule has 0 spiro atoms. The number of carbonyl (C=O) groups is 1. The van der Waals surface area contributed by atoms with Gasteiger partial charge in [-0.25, -0.2) is 13.1 Å². The van der Waals surface area contributed by atoms with E-state index in [2.05, 4.69) is 4.72 Å². The number of carboxylic acids is 1. The Morgan fingerprint density at radius 3 is 2.62 bits per heavy atom. The maximum absolute atomic E-state index is 11.5. The molecular formula is C9H17NO5S. The Labute approximate surface area is 95.0 Å². The van der Waals surface area contributed by atoms with E-state index in [1.165, 1.54) is 0 Å². The number of methoxy groups -OCH3 is 1. The zero-order chi connectivity index (χ0) is 12.2. The second-order valence-corrected chi connectivity index (χ2v) is 5.83. The van der Waals surface area contributed by atoms with E-state index in [1.807, 2.05) is 0 Å². The quantitative estimate of drug-likeness (QED) is 0.661. The molecule has 2 N–H and O–H groups in total. The molecule has 1 aliphatic carbocycles. The van der Waals surface area contributed by atoms with E-state index >= 15 is 0 Å². The van der Waals surface area contributed by atoms with Crippen molar-refractivity contribution in [3.05, 3.63) is 0 Å². The molecule has 0 aromatic carbocycles. The largest absolute Gasteiger partial charge is 0.481 e. The van der Waals surface area contributed by atoms with Crippen LogP contribution in [0, 0.1) is 0 Å². The van der Waals surface area contributed by atoms with Gasteiger partial charge in [0.2, 0.25) is 10.0 Å². The molecule has 0 aliphatic heterocycles. The number of aliphatic carboxylic acids is 1. The number of ether oxygens (including phenoxy) is 1. The number of hydrogen-bond donors (Lipinski definition) is 2. The molecule has 1 fully saturated rings. The van der Waals surface area contributed by atoms with Crippen molar-refractivity contribution in [2.45, 2.75) is 37.8 Å². The van der Waals surface area contributed by atoms with Gasteiger partial charge in [0.05, 0.1) is 11.9 Å². The molecule has 1 aliphatic rings. The zero-order valence-electron chi connectivity index (χ0n) is 9.18. The highest BCUT2D eigenvalue weighted by molar-refractivity contribution is 7.89. The highest BCUT2D eigenvalue weighted by Crippen LogP contribution is 2.23. The Bertz CT molecular complexity index is 334. The summed E-state index contributed by atoms with van der Waals surface area (Å²) in [5.41, 5.74) is 0. The molecule has 0 atom stereocenters. The summed E-state index contributed by atoms with van der Waals surface area (Å²) in [6.07, 6.45) is 1.55. The van der Waals surface area contributed by atoms with Crippen LogP contribution < -0.4 is 4.72 Å². The standard InChI is InChI=1S/C9H17NO5S/c1-15-8-5-7(6-8)10-16(13,14)4-2-3-9(11)12/h7-8,10H,2-6H2,1H3,(H,11,12). The van der Waals surface area contributed by atoms with Crippen molar-refractivity contribution in [1.82, 2.24) is 4.72 Å². The number of rotatable bonds is 7. The maximum atomic E-state index is 11.5. The van der Waals surface area contributed by atoms with E-state index in [4.69, 9.17) is 9.84 Å². The van der Waals surface area contributed by atoms with Gasteiger partial charge < -0.3 is 9.84 Å². The first-order chi connectivity index (χ1) is 7.43. The Kier molecular flexibility index (Phi) is 4.69. The lowest BCUT2D eigenvalue weighted by Crippen LogP contribution is -2.48. The van der Waals surface area contributed by atoms with Crippen LogP contribution in [0.2, 0.25) is 0 Å². The fraction of sp³-hybridized carbons (Fsp3) is 0.889. The lowest BCUT2D eigenvalue weighted by atomic mass is 9.90. The van der Waals surface area contributed by atoms with Crippen molar-refractivity contribution in [1.29, 1.82) is 0 Å². The molecule has 1 rings (SSSR count). The second kappa shape index (κ2) is 5.60. The van der Waals surface area contributed by atoms with Crippen LogP contribution in [0.5, 0.6) is 0 Å². The lowest BCUT2D eigenvalue weighted by molar-refractivity contribution is -0.137. The Morgan fingerprint density at radius 1 is 1.50 bits per heavy atom. The Balaban J connectivity index is 2.22. The number of hydrogen-bond acceptors (Lipinski definition) is 4. The summed E-state index contributed by atoms with van der Waals surface area (Å²) in [4.78, 5) is 10.2. The van der Waals surface area contributed by atoms with Gasteiger partial charge in [-0.1, -0.05) is 0 Å². The molecule has 16 heavy (non-hydrogen) atoms. The van der Waals surface area contributed by atoms with Crippen LogP contribution in [0.1, 0.15) is 25.7 Å². The minimum Gasteiger partial charge on any atom is -0.481 e. The van der Waals surface area contributed by atoms with E-state index in [-0.39, 0.29) is 30.7 Å². The van der Waals surface area contributed by atoms with Gasteiger partial charge in [0, 0.05) is 19.6 Å². The molecular weight excluding hydrogens is 234 g/mol. The highest BCUT2D eigenvalue weighted by Gasteiger charge is 2.31. The van der Waals surface area contributed by atoms with Gasteiger partial charge in [-0.2, -0.15) is 0 Å². The average Bonchev–Trinajstić information content (AvgIpc) is 2.09. The monoisotopic (exact) mass is 251 g/mol. The SMILES string of the molecule is COC1CC(NS(=O)(=O)CCCC(=O)O)C1. The minimum absolute atomic E-state index is 0.0558. The molecule has 94 valence electrons. The predicted octanol–water partition coefficient (Wildman–Crippen LogP) is -0.0520. The molecule has 0 aromatic rings. The minimum atomic E-state index is -3.34. The van der Waals surface area contributed by atoms with Crippen molar-refractivity contribution in [3.63, 3.8) is 0 Å². The summed E-state index contributed by atoms with van der Waals surface area (Å²) >= 11 is 0. The van der Waals surface area contributed by atoms with Crippen LogP contribution in [0.4, 0.5) is 0 Å². The molecule has 0 unspecified atom stereocenters. The Hall–Kier alpha value is -0.660. The van der Waals surface area contributed by atoms with Gasteiger partial charge in [-0.3, -0.25) is 4.79 Å². The first kappa shape index (κ1) is 13.4. The van der Waals surface area contributed by atoms with Crippen LogP contribution in [0.25, 0.3) is 0 Å². The molecule has 0 bridgehead atoms. The van der Waals surface area contributed by atoms with Crippen molar-refractivity contribution < 1.29 is 23.1 Å². The number of nitrogens with one attached hydrogen (secondary N) is 1. The van der Waals surface area contributed by atoms with Crippen molar-refractivity contribution in [3.8, 4) is 0 Å². The molecule has 0 radical (unpaired) electrons. The van der Waals surface area contributed by atoms with E-state index in [1.54, 1.807) is 7.11 Å². The highest BCUT2D eigenvalue weighted by atomic mass is 32.2. The fourth-order valence-electron chi connectivity index (χ4n) is 1.58. The Morgan fingerprint density at radius 2 is 2.12 bits per heavy atom. The van der Waals surface area contributed by atoms with E-state index in [9.17, 15) is 13.2 Å². The molecule has 0 heterocycles. The summed E-state index contributed by atoms with van der Waals surface area (Å²) in [7, 11) is -1.74. The molecule has 0 amide bonds. The third kappa shape index (κ3) is 4.46. The van der Waals surface area contributed by atoms with E-state index in [0.717, 1.165) is 0 Å². The topological polar surface area (TPSA) is 92.7 Å². The zero-order valence-corrected chi connectivity index (χ0v) is 10.00. The third-order valence-electron chi connectivity index (χ3n) is 2.58. The predicted molar refractivity (Wildman–Crippen MR) is 57.6 cm³/mol. The molecule has 7 heteroatoms.